The van der Waals surface area contributed by atoms with E-state index in [1.54, 1.807) is 29.1 Å². The zero-order chi connectivity index (χ0) is 15.7. The molecular weight excluding hydrogens is 298 g/mol. The van der Waals surface area contributed by atoms with Crippen LogP contribution in [0.25, 0.3) is 10.9 Å². The average molecular weight is 314 g/mol. The molecule has 0 fully saturated rings. The number of aromatic nitrogens is 3. The Bertz CT molecular complexity index is 888. The summed E-state index contributed by atoms with van der Waals surface area (Å²) in [4.78, 5) is 21.4. The largest absolute Gasteiger partial charge is 0.295 e. The van der Waals surface area contributed by atoms with Gasteiger partial charge in [-0.05, 0) is 44.2 Å². The van der Waals surface area contributed by atoms with Gasteiger partial charge in [-0.1, -0.05) is 17.7 Å². The molecule has 0 aliphatic heterocycles. The third kappa shape index (κ3) is 2.88. The molecule has 1 atom stereocenters. The summed E-state index contributed by atoms with van der Waals surface area (Å²) < 4.78 is 1.65. The molecular formula is C17H16ClN3O. The van der Waals surface area contributed by atoms with E-state index in [-0.39, 0.29) is 11.6 Å². The van der Waals surface area contributed by atoms with Crippen molar-refractivity contribution >= 4 is 22.5 Å². The zero-order valence-electron chi connectivity index (χ0n) is 12.5. The molecule has 0 amide bonds. The normalized spacial score (nSPS) is 12.5. The molecule has 0 radical (unpaired) electrons. The fourth-order valence-corrected chi connectivity index (χ4v) is 2.70. The molecule has 5 heteroatoms. The van der Waals surface area contributed by atoms with Crippen LogP contribution < -0.4 is 5.56 Å². The second-order valence-corrected chi connectivity index (χ2v) is 5.88. The summed E-state index contributed by atoms with van der Waals surface area (Å²) in [6, 6.07) is 11.0. The van der Waals surface area contributed by atoms with Crippen LogP contribution in [0, 0.1) is 6.92 Å². The highest BCUT2D eigenvalue weighted by molar-refractivity contribution is 6.31. The zero-order valence-corrected chi connectivity index (χ0v) is 13.2. The number of halogens is 1. The summed E-state index contributed by atoms with van der Waals surface area (Å²) in [5.74, 6) is 0. The first kappa shape index (κ1) is 14.7. The van der Waals surface area contributed by atoms with E-state index in [4.69, 9.17) is 11.6 Å². The predicted octanol–water partition coefficient (Wildman–Crippen LogP) is 3.56. The second kappa shape index (κ2) is 5.89. The Morgan fingerprint density at radius 3 is 2.86 bits per heavy atom. The van der Waals surface area contributed by atoms with Gasteiger partial charge in [0.1, 0.15) is 0 Å². The lowest BCUT2D eigenvalue weighted by Crippen LogP contribution is -2.25. The highest BCUT2D eigenvalue weighted by Gasteiger charge is 2.12. The molecule has 4 nitrogen and oxygen atoms in total. The van der Waals surface area contributed by atoms with E-state index in [0.29, 0.717) is 22.3 Å². The van der Waals surface area contributed by atoms with Gasteiger partial charge < -0.3 is 0 Å². The third-order valence-electron chi connectivity index (χ3n) is 3.67. The smallest absolute Gasteiger partial charge is 0.261 e. The van der Waals surface area contributed by atoms with Crippen LogP contribution in [0.4, 0.5) is 0 Å². The SMILES string of the molecule is Cc1cccc(C[C@@H](C)n2cnc3cc(Cl)ccc3c2=O)n1. The topological polar surface area (TPSA) is 47.8 Å². The Labute approximate surface area is 133 Å². The number of fused-ring (bicyclic) bond motifs is 1. The summed E-state index contributed by atoms with van der Waals surface area (Å²) in [7, 11) is 0. The van der Waals surface area contributed by atoms with E-state index in [1.807, 2.05) is 32.0 Å². The number of benzene rings is 1. The Kier molecular flexibility index (Phi) is 3.94. The maximum Gasteiger partial charge on any atom is 0.261 e. The van der Waals surface area contributed by atoms with Gasteiger partial charge in [-0.2, -0.15) is 0 Å². The van der Waals surface area contributed by atoms with E-state index in [1.165, 1.54) is 0 Å². The van der Waals surface area contributed by atoms with Crippen LogP contribution >= 0.6 is 11.6 Å². The van der Waals surface area contributed by atoms with Crippen LogP contribution in [-0.2, 0) is 6.42 Å². The molecule has 0 unspecified atom stereocenters. The molecule has 1 aromatic carbocycles. The number of hydrogen-bond acceptors (Lipinski definition) is 3. The highest BCUT2D eigenvalue weighted by Crippen LogP contribution is 2.16. The summed E-state index contributed by atoms with van der Waals surface area (Å²) >= 11 is 5.94. The van der Waals surface area contributed by atoms with Gasteiger partial charge >= 0.3 is 0 Å². The Morgan fingerprint density at radius 2 is 2.09 bits per heavy atom. The lowest BCUT2D eigenvalue weighted by atomic mass is 10.1. The van der Waals surface area contributed by atoms with Crippen molar-refractivity contribution in [3.63, 3.8) is 0 Å². The summed E-state index contributed by atoms with van der Waals surface area (Å²) in [5.41, 5.74) is 2.51. The number of nitrogens with zero attached hydrogens (tertiary/aromatic N) is 3. The second-order valence-electron chi connectivity index (χ2n) is 5.44. The van der Waals surface area contributed by atoms with Crippen molar-refractivity contribution in [2.75, 3.05) is 0 Å². The minimum atomic E-state index is -0.0539. The number of aryl methyl sites for hydroxylation is 1. The number of hydrogen-bond donors (Lipinski definition) is 0. The van der Waals surface area contributed by atoms with Crippen molar-refractivity contribution in [1.29, 1.82) is 0 Å². The van der Waals surface area contributed by atoms with Crippen LogP contribution in [-0.4, -0.2) is 14.5 Å². The molecule has 22 heavy (non-hydrogen) atoms. The van der Waals surface area contributed by atoms with E-state index < -0.39 is 0 Å². The molecule has 0 saturated carbocycles. The Balaban J connectivity index is 1.97. The fraction of sp³-hybridized carbons (Fsp3) is 0.235. The minimum absolute atomic E-state index is 0.0191. The minimum Gasteiger partial charge on any atom is -0.295 e. The van der Waals surface area contributed by atoms with Gasteiger partial charge in [-0.15, -0.1) is 0 Å². The predicted molar refractivity (Wildman–Crippen MR) is 88.4 cm³/mol. The van der Waals surface area contributed by atoms with Gasteiger partial charge in [-0.25, -0.2) is 4.98 Å². The molecule has 2 aromatic heterocycles. The molecule has 3 aromatic rings. The van der Waals surface area contributed by atoms with Gasteiger partial charge in [0.05, 0.1) is 17.2 Å². The van der Waals surface area contributed by atoms with Crippen LogP contribution in [0.2, 0.25) is 5.02 Å². The van der Waals surface area contributed by atoms with Crippen LogP contribution in [0.5, 0.6) is 0 Å². The van der Waals surface area contributed by atoms with Crippen molar-refractivity contribution in [2.24, 2.45) is 0 Å². The fourth-order valence-electron chi connectivity index (χ4n) is 2.54. The van der Waals surface area contributed by atoms with Crippen molar-refractivity contribution in [3.8, 4) is 0 Å². The third-order valence-corrected chi connectivity index (χ3v) is 3.91. The lowest BCUT2D eigenvalue weighted by molar-refractivity contribution is 0.517. The standard InChI is InChI=1S/C17H16ClN3O/c1-11-4-3-5-14(20-11)8-12(2)21-10-19-16-9-13(18)6-7-15(16)17(21)22/h3-7,9-10,12H,8H2,1-2H3/t12-/m1/s1. The molecule has 0 saturated heterocycles. The van der Waals surface area contributed by atoms with Crippen LogP contribution in [0.1, 0.15) is 24.4 Å². The van der Waals surface area contributed by atoms with Gasteiger partial charge in [0, 0.05) is 28.9 Å². The van der Waals surface area contributed by atoms with Gasteiger partial charge in [-0.3, -0.25) is 14.3 Å². The van der Waals surface area contributed by atoms with Crippen LogP contribution in [0.3, 0.4) is 0 Å². The van der Waals surface area contributed by atoms with Gasteiger partial charge in [0.2, 0.25) is 0 Å². The molecule has 3 rings (SSSR count). The Hall–Kier alpha value is -2.20. The van der Waals surface area contributed by atoms with Crippen molar-refractivity contribution in [2.45, 2.75) is 26.3 Å². The van der Waals surface area contributed by atoms with Crippen molar-refractivity contribution in [1.82, 2.24) is 14.5 Å². The first-order valence-electron chi connectivity index (χ1n) is 7.13. The van der Waals surface area contributed by atoms with Gasteiger partial charge in [0.25, 0.3) is 5.56 Å². The maximum atomic E-state index is 12.6. The molecule has 112 valence electrons. The van der Waals surface area contributed by atoms with Crippen molar-refractivity contribution in [3.05, 3.63) is 69.5 Å². The van der Waals surface area contributed by atoms with E-state index in [9.17, 15) is 4.79 Å². The number of pyridine rings is 1. The molecule has 2 heterocycles. The quantitative estimate of drug-likeness (QED) is 0.743. The van der Waals surface area contributed by atoms with Crippen LogP contribution in [0.15, 0.2) is 47.5 Å². The maximum absolute atomic E-state index is 12.6. The average Bonchev–Trinajstić information content (AvgIpc) is 2.47. The molecule has 0 spiro atoms. The summed E-state index contributed by atoms with van der Waals surface area (Å²) in [5, 5.41) is 1.16. The van der Waals surface area contributed by atoms with E-state index >= 15 is 0 Å². The Morgan fingerprint density at radius 1 is 1.27 bits per heavy atom. The van der Waals surface area contributed by atoms with E-state index in [2.05, 4.69) is 9.97 Å². The molecule has 0 N–H and O–H groups in total. The molecule has 0 aliphatic rings. The monoisotopic (exact) mass is 313 g/mol. The summed E-state index contributed by atoms with van der Waals surface area (Å²) in [6.07, 6.45) is 2.27. The summed E-state index contributed by atoms with van der Waals surface area (Å²) in [6.45, 7) is 3.95. The number of rotatable bonds is 3. The van der Waals surface area contributed by atoms with Crippen molar-refractivity contribution < 1.29 is 0 Å². The first-order valence-corrected chi connectivity index (χ1v) is 7.51. The van der Waals surface area contributed by atoms with E-state index in [0.717, 1.165) is 11.4 Å². The van der Waals surface area contributed by atoms with Gasteiger partial charge in [0.15, 0.2) is 0 Å². The molecule has 0 aliphatic carbocycles. The first-order chi connectivity index (χ1) is 10.5. The molecule has 0 bridgehead atoms. The highest BCUT2D eigenvalue weighted by atomic mass is 35.5. The lowest BCUT2D eigenvalue weighted by Gasteiger charge is -2.15.